The first kappa shape index (κ1) is 34.9. The van der Waals surface area contributed by atoms with Crippen molar-refractivity contribution in [2.24, 2.45) is 17.3 Å². The van der Waals surface area contributed by atoms with Crippen molar-refractivity contribution < 1.29 is 27.6 Å². The van der Waals surface area contributed by atoms with Gasteiger partial charge in [-0.1, -0.05) is 59.6 Å². The monoisotopic (exact) mass is 573 g/mol. The smallest absolute Gasteiger partial charge is 0.350 e. The minimum Gasteiger partial charge on any atom is -0.350 e. The van der Waals surface area contributed by atoms with Gasteiger partial charge in [0, 0.05) is 48.7 Å². The zero-order valence-electron chi connectivity index (χ0n) is 24.5. The van der Waals surface area contributed by atoms with Crippen molar-refractivity contribution in [1.82, 2.24) is 20.5 Å². The number of hydrogen-bond donors (Lipinski definition) is 2. The molecule has 2 heterocycles. The second-order valence-electron chi connectivity index (χ2n) is 10.9. The van der Waals surface area contributed by atoms with Gasteiger partial charge in [0.05, 0.1) is 12.6 Å². The van der Waals surface area contributed by atoms with Crippen LogP contribution in [0.15, 0.2) is 30.6 Å². The molecule has 8 nitrogen and oxygen atoms in total. The molecule has 1 aliphatic heterocycles. The highest BCUT2D eigenvalue weighted by atomic mass is 19.4. The van der Waals surface area contributed by atoms with Crippen LogP contribution >= 0.6 is 0 Å². The Labute approximate surface area is 239 Å². The summed E-state index contributed by atoms with van der Waals surface area (Å²) in [6.07, 6.45) is 3.78. The molecule has 2 N–H and O–H groups in total. The summed E-state index contributed by atoms with van der Waals surface area (Å²) in [5, 5.41) is 13.3. The lowest BCUT2D eigenvalue weighted by Gasteiger charge is -2.27. The summed E-state index contributed by atoms with van der Waals surface area (Å²) in [5.74, 6) is -0.267. The van der Waals surface area contributed by atoms with Crippen molar-refractivity contribution in [3.05, 3.63) is 41.7 Å². The number of amides is 3. The van der Waals surface area contributed by atoms with Gasteiger partial charge in [0.1, 0.15) is 6.04 Å². The molecule has 1 aliphatic rings. The molecule has 1 aromatic carbocycles. The third-order valence-electron chi connectivity index (χ3n) is 6.34. The standard InChI is InChI=1S/C24H25F3N4O3.C4H10.C2H3N/c1-5-15-7-6-8-16-9-28-10-17(19(15)16)11-29-21(33)20-14(2)23(3,4)13-31(20)18(32)12-30-22(34)24(25,26)27;1-4(2)3;1-2-3/h1,6-10,14,20H,11-13H2,2-4H3,(H,29,33)(H,30,34);4H,1-3H3;1H3/t14?,20-;;/m0../s1. The Morgan fingerprint density at radius 3 is 2.32 bits per heavy atom. The van der Waals surface area contributed by atoms with Crippen LogP contribution in [0.1, 0.15) is 59.6 Å². The Morgan fingerprint density at radius 2 is 1.78 bits per heavy atom. The fraction of sp³-hybridized carbons (Fsp3) is 0.500. The molecule has 0 radical (unpaired) electrons. The van der Waals surface area contributed by atoms with Crippen molar-refractivity contribution in [2.75, 3.05) is 13.1 Å². The molecule has 222 valence electrons. The fourth-order valence-corrected chi connectivity index (χ4v) is 4.20. The summed E-state index contributed by atoms with van der Waals surface area (Å²) < 4.78 is 37.4. The Kier molecular flexibility index (Phi) is 12.8. The minimum atomic E-state index is -5.10. The van der Waals surface area contributed by atoms with Gasteiger partial charge in [-0.2, -0.15) is 18.4 Å². The number of benzene rings is 1. The van der Waals surface area contributed by atoms with E-state index in [-0.39, 0.29) is 19.0 Å². The topological polar surface area (TPSA) is 115 Å². The van der Waals surface area contributed by atoms with E-state index in [1.165, 1.54) is 11.8 Å². The second-order valence-corrected chi connectivity index (χ2v) is 10.9. The van der Waals surface area contributed by atoms with Crippen LogP contribution < -0.4 is 10.6 Å². The second kappa shape index (κ2) is 15.0. The van der Waals surface area contributed by atoms with Crippen LogP contribution in [0.3, 0.4) is 0 Å². The summed E-state index contributed by atoms with van der Waals surface area (Å²) in [7, 11) is 0. The molecule has 41 heavy (non-hydrogen) atoms. The number of fused-ring (bicyclic) bond motifs is 1. The molecule has 2 aromatic rings. The average Bonchev–Trinajstić information content (AvgIpc) is 3.13. The zero-order chi connectivity index (χ0) is 31.5. The third-order valence-corrected chi connectivity index (χ3v) is 6.34. The lowest BCUT2D eigenvalue weighted by Crippen LogP contribution is -2.51. The molecule has 3 amide bonds. The molecule has 0 aliphatic carbocycles. The van der Waals surface area contributed by atoms with Crippen LogP contribution in [-0.4, -0.2) is 52.9 Å². The predicted molar refractivity (Wildman–Crippen MR) is 151 cm³/mol. The molecule has 0 spiro atoms. The number of aromatic nitrogens is 1. The van der Waals surface area contributed by atoms with E-state index in [0.29, 0.717) is 11.1 Å². The maximum Gasteiger partial charge on any atom is 0.471 e. The largest absolute Gasteiger partial charge is 0.471 e. The first-order chi connectivity index (χ1) is 19.0. The van der Waals surface area contributed by atoms with Gasteiger partial charge >= 0.3 is 12.1 Å². The Bertz CT molecular complexity index is 1300. The van der Waals surface area contributed by atoms with Crippen molar-refractivity contribution in [2.45, 2.75) is 67.2 Å². The highest BCUT2D eigenvalue weighted by Crippen LogP contribution is 2.39. The summed E-state index contributed by atoms with van der Waals surface area (Å²) >= 11 is 0. The van der Waals surface area contributed by atoms with E-state index in [0.717, 1.165) is 16.7 Å². The Morgan fingerprint density at radius 1 is 1.20 bits per heavy atom. The molecule has 1 aromatic heterocycles. The molecule has 0 saturated carbocycles. The zero-order valence-corrected chi connectivity index (χ0v) is 24.5. The van der Waals surface area contributed by atoms with Crippen LogP contribution in [0.2, 0.25) is 0 Å². The average molecular weight is 574 g/mol. The van der Waals surface area contributed by atoms with Gasteiger partial charge in [0.25, 0.3) is 0 Å². The number of terminal acetylenes is 1. The number of likely N-dealkylation sites (tertiary alicyclic amines) is 1. The van der Waals surface area contributed by atoms with Crippen LogP contribution in [-0.2, 0) is 20.9 Å². The van der Waals surface area contributed by atoms with Crippen molar-refractivity contribution >= 4 is 28.5 Å². The van der Waals surface area contributed by atoms with Crippen LogP contribution in [0.5, 0.6) is 0 Å². The molecular formula is C30H38F3N5O3. The number of carbonyl (C=O) groups excluding carboxylic acids is 3. The molecule has 0 bridgehead atoms. The number of pyridine rings is 1. The summed E-state index contributed by atoms with van der Waals surface area (Å²) in [6, 6.07) is 6.28. The van der Waals surface area contributed by atoms with Gasteiger partial charge in [-0.15, -0.1) is 6.42 Å². The van der Waals surface area contributed by atoms with Gasteiger partial charge in [0.15, 0.2) is 0 Å². The van der Waals surface area contributed by atoms with Gasteiger partial charge in [-0.3, -0.25) is 19.4 Å². The van der Waals surface area contributed by atoms with E-state index in [2.05, 4.69) is 37.0 Å². The van der Waals surface area contributed by atoms with E-state index in [1.54, 1.807) is 29.8 Å². The highest BCUT2D eigenvalue weighted by Gasteiger charge is 2.49. The molecule has 1 saturated heterocycles. The number of halogens is 3. The maximum absolute atomic E-state index is 13.2. The third kappa shape index (κ3) is 9.78. The van der Waals surface area contributed by atoms with Crippen molar-refractivity contribution in [3.63, 3.8) is 0 Å². The highest BCUT2D eigenvalue weighted by molar-refractivity contribution is 5.93. The fourth-order valence-electron chi connectivity index (χ4n) is 4.20. The van der Waals surface area contributed by atoms with Crippen LogP contribution in [0.4, 0.5) is 13.2 Å². The quantitative estimate of drug-likeness (QED) is 0.509. The molecule has 11 heteroatoms. The first-order valence-electron chi connectivity index (χ1n) is 13.1. The van der Waals surface area contributed by atoms with Crippen molar-refractivity contribution in [3.8, 4) is 18.4 Å². The lowest BCUT2D eigenvalue weighted by molar-refractivity contribution is -0.174. The number of nitrogens with one attached hydrogen (secondary N) is 2. The molecule has 3 rings (SSSR count). The minimum absolute atomic E-state index is 0.0956. The summed E-state index contributed by atoms with van der Waals surface area (Å²) in [4.78, 5) is 42.4. The maximum atomic E-state index is 13.2. The van der Waals surface area contributed by atoms with Crippen LogP contribution in [0, 0.1) is 40.9 Å². The SMILES string of the molecule is C#Cc1cccc2cncc(CNC(=O)[C@@H]3C(C)C(C)(C)CN3C(=O)CNC(=O)C(F)(F)F)c12.CC#N.CC(C)C. The normalized spacial score (nSPS) is 17.2. The number of nitrogens with zero attached hydrogens (tertiary/aromatic N) is 3. The molecule has 1 fully saturated rings. The van der Waals surface area contributed by atoms with E-state index in [4.69, 9.17) is 11.7 Å². The van der Waals surface area contributed by atoms with Gasteiger partial charge in [-0.05, 0) is 28.9 Å². The van der Waals surface area contributed by atoms with E-state index in [9.17, 15) is 27.6 Å². The molecular weight excluding hydrogens is 535 g/mol. The van der Waals surface area contributed by atoms with Crippen LogP contribution in [0.25, 0.3) is 10.8 Å². The van der Waals surface area contributed by atoms with E-state index >= 15 is 0 Å². The number of hydrogen-bond acceptors (Lipinski definition) is 5. The number of alkyl halides is 3. The molecule has 1 unspecified atom stereocenters. The molecule has 2 atom stereocenters. The van der Waals surface area contributed by atoms with Gasteiger partial charge in [0.2, 0.25) is 11.8 Å². The van der Waals surface area contributed by atoms with Crippen molar-refractivity contribution in [1.29, 1.82) is 5.26 Å². The number of nitriles is 1. The predicted octanol–water partition coefficient (Wildman–Crippen LogP) is 4.58. The van der Waals surface area contributed by atoms with E-state index in [1.807, 2.05) is 32.9 Å². The van der Waals surface area contributed by atoms with Gasteiger partial charge < -0.3 is 15.5 Å². The van der Waals surface area contributed by atoms with E-state index < -0.39 is 41.9 Å². The first-order valence-corrected chi connectivity index (χ1v) is 13.1. The Balaban J connectivity index is 0.00000108. The summed E-state index contributed by atoms with van der Waals surface area (Å²) in [5.41, 5.74) is 0.875. The lowest BCUT2D eigenvalue weighted by atomic mass is 9.80. The number of carbonyl (C=O) groups is 3. The summed E-state index contributed by atoms with van der Waals surface area (Å²) in [6.45, 7) is 12.9. The van der Waals surface area contributed by atoms with Gasteiger partial charge in [-0.25, -0.2) is 0 Å². The number of rotatable bonds is 5. The Hall–Kier alpha value is -4.12.